The lowest BCUT2D eigenvalue weighted by atomic mass is 9.98. The van der Waals surface area contributed by atoms with E-state index in [1.807, 2.05) is 23.1 Å². The molecule has 2 saturated heterocycles. The Morgan fingerprint density at radius 1 is 0.900 bits per heavy atom. The summed E-state index contributed by atoms with van der Waals surface area (Å²) in [6, 6.07) is 9.50. The number of carbonyl (C=O) groups is 5. The van der Waals surface area contributed by atoms with Gasteiger partial charge in [-0.25, -0.2) is 13.1 Å². The van der Waals surface area contributed by atoms with Gasteiger partial charge in [0.2, 0.25) is 21.8 Å². The standard InChI is InChI=1S/C40H45N7O9S.CH2O2/c1-45-22-31(27-12-15-41-19-30(27)38(45)50)24-16-34(55-2)32(35(17-24)56-3)23-46-20-26(21-46)57(53,54)43-14-7-5-4-6-13-42-25-8-9-28-29(18-25)40(52)47(39(28)51)33-10-11-36(48)44-37(33)49;2-1-3/h8-9,12,15-19,22,26,33,42-43H,4-7,10-11,13-14,20-21,23H2,1-3H3,(H,44,48,49);1H,(H,2,3). The number of likely N-dealkylation sites (tertiary alicyclic amines) is 1. The third-order valence-corrected chi connectivity index (χ3v) is 12.6. The molecular weight excluding hydrogens is 799 g/mol. The summed E-state index contributed by atoms with van der Waals surface area (Å²) in [6.45, 7) is 1.87. The van der Waals surface area contributed by atoms with Gasteiger partial charge in [-0.3, -0.25) is 48.9 Å². The van der Waals surface area contributed by atoms with E-state index in [2.05, 4.69) is 20.3 Å². The number of benzene rings is 2. The first-order valence-electron chi connectivity index (χ1n) is 19.4. The number of sulfonamides is 1. The van der Waals surface area contributed by atoms with Crippen LogP contribution in [0.15, 0.2) is 59.8 Å². The van der Waals surface area contributed by atoms with Crippen molar-refractivity contribution in [2.45, 2.75) is 56.4 Å². The number of anilines is 1. The summed E-state index contributed by atoms with van der Waals surface area (Å²) in [6.07, 6.45) is 8.32. The van der Waals surface area contributed by atoms with Crippen molar-refractivity contribution < 1.29 is 47.0 Å². The summed E-state index contributed by atoms with van der Waals surface area (Å²) in [5.74, 6) is -0.975. The molecule has 0 radical (unpaired) electrons. The molecule has 1 atom stereocenters. The van der Waals surface area contributed by atoms with Crippen molar-refractivity contribution in [3.63, 3.8) is 0 Å². The van der Waals surface area contributed by atoms with Crippen LogP contribution >= 0.6 is 0 Å². The van der Waals surface area contributed by atoms with Crippen LogP contribution in [0.5, 0.6) is 11.5 Å². The van der Waals surface area contributed by atoms with Crippen LogP contribution in [0.3, 0.4) is 0 Å². The zero-order valence-electron chi connectivity index (χ0n) is 33.4. The van der Waals surface area contributed by atoms with E-state index < -0.39 is 44.9 Å². The second-order valence-corrected chi connectivity index (χ2v) is 16.7. The van der Waals surface area contributed by atoms with Gasteiger partial charge >= 0.3 is 0 Å². The summed E-state index contributed by atoms with van der Waals surface area (Å²) in [7, 11) is 1.35. The van der Waals surface area contributed by atoms with Gasteiger partial charge in [-0.05, 0) is 66.6 Å². The first-order chi connectivity index (χ1) is 28.8. The molecule has 1 unspecified atom stereocenters. The van der Waals surface area contributed by atoms with Crippen LogP contribution in [-0.2, 0) is 38.0 Å². The number of aromatic nitrogens is 2. The summed E-state index contributed by atoms with van der Waals surface area (Å²) < 4.78 is 42.0. The number of ether oxygens (including phenoxy) is 2. The molecule has 18 nitrogen and oxygen atoms in total. The van der Waals surface area contributed by atoms with Crippen LogP contribution in [0.1, 0.15) is 64.8 Å². The van der Waals surface area contributed by atoms with E-state index in [4.69, 9.17) is 19.4 Å². The summed E-state index contributed by atoms with van der Waals surface area (Å²) in [4.78, 5) is 78.0. The Balaban J connectivity index is 0.00000195. The largest absolute Gasteiger partial charge is 0.496 e. The maximum atomic E-state index is 13.1. The Morgan fingerprint density at radius 2 is 1.57 bits per heavy atom. The SMILES string of the molecule is COc1cc(-c2cn(C)c(=O)c3cnccc23)cc(OC)c1CN1CC(S(=O)(=O)NCCCCCCNc2ccc3c(c2)C(=O)N(C2CCC(=O)NC2=O)C3=O)C1.O=CO. The number of aryl methyl sites for hydroxylation is 1. The fourth-order valence-corrected chi connectivity index (χ4v) is 9.14. The first-order valence-corrected chi connectivity index (χ1v) is 20.9. The molecule has 60 heavy (non-hydrogen) atoms. The Kier molecular flexibility index (Phi) is 13.6. The molecule has 2 aromatic carbocycles. The van der Waals surface area contributed by atoms with E-state index >= 15 is 0 Å². The highest BCUT2D eigenvalue weighted by Crippen LogP contribution is 2.38. The number of amides is 4. The number of imide groups is 2. The number of rotatable bonds is 16. The maximum absolute atomic E-state index is 13.1. The highest BCUT2D eigenvalue weighted by molar-refractivity contribution is 7.90. The van der Waals surface area contributed by atoms with Gasteiger partial charge in [-0.1, -0.05) is 12.8 Å². The molecule has 0 bridgehead atoms. The molecule has 0 spiro atoms. The monoisotopic (exact) mass is 845 g/mol. The normalized spacial score (nSPS) is 16.8. The number of hydrogen-bond donors (Lipinski definition) is 4. The Hall–Kier alpha value is -6.18. The van der Waals surface area contributed by atoms with E-state index in [0.29, 0.717) is 61.7 Å². The average Bonchev–Trinajstić information content (AvgIpc) is 3.46. The van der Waals surface area contributed by atoms with Crippen molar-refractivity contribution in [2.75, 3.05) is 45.7 Å². The van der Waals surface area contributed by atoms with E-state index in [1.165, 1.54) is 4.57 Å². The number of fused-ring (bicyclic) bond motifs is 2. The molecule has 19 heteroatoms. The average molecular weight is 846 g/mol. The zero-order chi connectivity index (χ0) is 43.1. The van der Waals surface area contributed by atoms with Crippen LogP contribution in [0.4, 0.5) is 5.69 Å². The van der Waals surface area contributed by atoms with Crippen molar-refractivity contribution >= 4 is 56.6 Å². The molecule has 318 valence electrons. The quantitative estimate of drug-likeness (QED) is 0.0721. The predicted octanol–water partition coefficient (Wildman–Crippen LogP) is 2.50. The van der Waals surface area contributed by atoms with Gasteiger partial charge in [0.25, 0.3) is 23.8 Å². The van der Waals surface area contributed by atoms with Crippen molar-refractivity contribution in [3.8, 4) is 22.6 Å². The number of unbranched alkanes of at least 4 members (excludes halogenated alkanes) is 3. The second kappa shape index (κ2) is 18.8. The lowest BCUT2D eigenvalue weighted by Crippen LogP contribution is -2.57. The Labute approximate surface area is 345 Å². The number of carboxylic acid groups (broad SMARTS) is 1. The second-order valence-electron chi connectivity index (χ2n) is 14.6. The molecular formula is C41H47N7O11S. The smallest absolute Gasteiger partial charge is 0.290 e. The van der Waals surface area contributed by atoms with Crippen molar-refractivity contribution in [1.82, 2.24) is 29.4 Å². The molecule has 5 heterocycles. The highest BCUT2D eigenvalue weighted by atomic mass is 32.2. The molecule has 4 aromatic rings. The number of nitrogens with zero attached hydrogens (tertiary/aromatic N) is 4. The molecule has 2 aromatic heterocycles. The van der Waals surface area contributed by atoms with Crippen molar-refractivity contribution in [3.05, 3.63) is 82.0 Å². The summed E-state index contributed by atoms with van der Waals surface area (Å²) in [5, 5.41) is 13.1. The van der Waals surface area contributed by atoms with Crippen molar-refractivity contribution in [2.24, 2.45) is 7.05 Å². The maximum Gasteiger partial charge on any atom is 0.290 e. The van der Waals surface area contributed by atoms with Gasteiger partial charge in [0, 0.05) is 76.0 Å². The Bertz CT molecular complexity index is 2460. The molecule has 3 aliphatic heterocycles. The van der Waals surface area contributed by atoms with Crippen molar-refractivity contribution in [1.29, 1.82) is 0 Å². The molecule has 0 saturated carbocycles. The number of methoxy groups -OCH3 is 2. The third kappa shape index (κ3) is 9.17. The topological polar surface area (TPSA) is 236 Å². The van der Waals surface area contributed by atoms with E-state index in [0.717, 1.165) is 46.2 Å². The van der Waals surface area contributed by atoms with Crippen LogP contribution in [0.25, 0.3) is 21.9 Å². The molecule has 4 amide bonds. The van der Waals surface area contributed by atoms with Gasteiger partial charge in [-0.2, -0.15) is 0 Å². The van der Waals surface area contributed by atoms with Gasteiger partial charge in [0.1, 0.15) is 22.8 Å². The minimum Gasteiger partial charge on any atom is -0.496 e. The minimum absolute atomic E-state index is 0.0611. The van der Waals surface area contributed by atoms with Gasteiger partial charge in [0.05, 0.1) is 36.3 Å². The minimum atomic E-state index is -3.51. The number of pyridine rings is 2. The van der Waals surface area contributed by atoms with Gasteiger partial charge < -0.3 is 24.5 Å². The number of nitrogens with one attached hydrogen (secondary N) is 3. The lowest BCUT2D eigenvalue weighted by Gasteiger charge is -2.39. The Morgan fingerprint density at radius 3 is 2.23 bits per heavy atom. The number of carbonyl (C=O) groups excluding carboxylic acids is 4. The van der Waals surface area contributed by atoms with Crippen LogP contribution in [0.2, 0.25) is 0 Å². The molecule has 2 fully saturated rings. The molecule has 4 N–H and O–H groups in total. The van der Waals surface area contributed by atoms with Crippen LogP contribution < -0.4 is 30.4 Å². The molecule has 0 aliphatic carbocycles. The van der Waals surface area contributed by atoms with E-state index in [9.17, 15) is 32.4 Å². The first kappa shape index (κ1) is 43.4. The third-order valence-electron chi connectivity index (χ3n) is 10.8. The fraction of sp³-hybridized carbons (Fsp3) is 0.390. The van der Waals surface area contributed by atoms with Crippen LogP contribution in [0, 0.1) is 0 Å². The van der Waals surface area contributed by atoms with E-state index in [1.54, 1.807) is 58.1 Å². The molecule has 7 rings (SSSR count). The van der Waals surface area contributed by atoms with Gasteiger partial charge in [-0.15, -0.1) is 0 Å². The van der Waals surface area contributed by atoms with Crippen LogP contribution in [-0.4, -0.2) is 115 Å². The highest BCUT2D eigenvalue weighted by Gasteiger charge is 2.44. The predicted molar refractivity (Wildman–Crippen MR) is 220 cm³/mol. The van der Waals surface area contributed by atoms with E-state index in [-0.39, 0.29) is 36.0 Å². The number of hydrogen-bond acceptors (Lipinski definition) is 13. The summed E-state index contributed by atoms with van der Waals surface area (Å²) in [5.41, 5.74) is 3.41. The zero-order valence-corrected chi connectivity index (χ0v) is 34.2. The summed E-state index contributed by atoms with van der Waals surface area (Å²) >= 11 is 0. The molecule has 3 aliphatic rings. The lowest BCUT2D eigenvalue weighted by molar-refractivity contribution is -0.136. The van der Waals surface area contributed by atoms with Gasteiger partial charge in [0.15, 0.2) is 0 Å². The number of piperidine rings is 1. The fourth-order valence-electron chi connectivity index (χ4n) is 7.66.